The molecule has 3 unspecified atom stereocenters. The van der Waals surface area contributed by atoms with Crippen molar-refractivity contribution in [1.29, 1.82) is 0 Å². The second kappa shape index (κ2) is 29.1. The van der Waals surface area contributed by atoms with Crippen molar-refractivity contribution in [2.24, 2.45) is 0 Å². The lowest BCUT2D eigenvalue weighted by molar-refractivity contribution is -0.870. The number of phosphoric ester groups is 1. The number of carbonyl (C=O) groups excluding carboxylic acids is 1. The molecule has 8 nitrogen and oxygen atoms in total. The maximum atomic E-state index is 12.7. The van der Waals surface area contributed by atoms with E-state index in [9.17, 15) is 19.4 Å². The molecule has 3 N–H and O–H groups in total. The Bertz CT molecular complexity index is 799. The number of likely N-dealkylation sites (N-methyl/N-ethyl adjacent to an activating group) is 1. The van der Waals surface area contributed by atoms with E-state index in [0.717, 1.165) is 57.8 Å². The summed E-state index contributed by atoms with van der Waals surface area (Å²) in [6.45, 7) is 4.72. The summed E-state index contributed by atoms with van der Waals surface area (Å²) in [7, 11) is 1.56. The number of unbranched alkanes of at least 4 members (excludes halogenated alkanes) is 17. The molecule has 0 aliphatic rings. The Morgan fingerprint density at radius 3 is 1.78 bits per heavy atom. The molecule has 0 fully saturated rings. The van der Waals surface area contributed by atoms with Gasteiger partial charge in [-0.2, -0.15) is 0 Å². The minimum atomic E-state index is -4.32. The Kier molecular flexibility index (Phi) is 28.5. The maximum absolute atomic E-state index is 12.7. The number of carbonyl (C=O) groups is 1. The highest BCUT2D eigenvalue weighted by Gasteiger charge is 2.27. The topological polar surface area (TPSA) is 105 Å². The smallest absolute Gasteiger partial charge is 0.387 e. The van der Waals surface area contributed by atoms with Gasteiger partial charge in [-0.3, -0.25) is 13.8 Å². The van der Waals surface area contributed by atoms with Crippen LogP contribution in [0.5, 0.6) is 0 Å². The molecule has 0 aliphatic carbocycles. The Labute approximate surface area is 277 Å². The fourth-order valence-electron chi connectivity index (χ4n) is 4.90. The third-order valence-electron chi connectivity index (χ3n) is 7.92. The summed E-state index contributed by atoms with van der Waals surface area (Å²) in [5.74, 6) is -0.195. The van der Waals surface area contributed by atoms with E-state index in [1.54, 1.807) is 6.08 Å². The van der Waals surface area contributed by atoms with Gasteiger partial charge in [0.05, 0.1) is 39.9 Å². The van der Waals surface area contributed by atoms with Gasteiger partial charge in [0.15, 0.2) is 0 Å². The van der Waals surface area contributed by atoms with Crippen LogP contribution < -0.4 is 5.32 Å². The molecule has 45 heavy (non-hydrogen) atoms. The van der Waals surface area contributed by atoms with E-state index >= 15 is 0 Å². The number of hydrogen-bond acceptors (Lipinski definition) is 5. The van der Waals surface area contributed by atoms with Crippen LogP contribution >= 0.6 is 7.82 Å². The average Bonchev–Trinajstić information content (AvgIpc) is 2.97. The van der Waals surface area contributed by atoms with Crippen LogP contribution in [0.25, 0.3) is 0 Å². The maximum Gasteiger partial charge on any atom is 0.472 e. The number of allylic oxidation sites excluding steroid dienone is 3. The van der Waals surface area contributed by atoms with E-state index in [0.29, 0.717) is 17.4 Å². The van der Waals surface area contributed by atoms with Crippen LogP contribution in [-0.2, 0) is 18.4 Å². The molecule has 0 saturated carbocycles. The third kappa shape index (κ3) is 31.4. The number of rotatable bonds is 32. The molecule has 0 spiro atoms. The normalized spacial score (nSPS) is 15.1. The van der Waals surface area contributed by atoms with Gasteiger partial charge in [0.25, 0.3) is 0 Å². The van der Waals surface area contributed by atoms with Crippen molar-refractivity contribution in [3.63, 3.8) is 0 Å². The molecule has 0 radical (unpaired) electrons. The lowest BCUT2D eigenvalue weighted by Gasteiger charge is -2.25. The Morgan fingerprint density at radius 2 is 1.22 bits per heavy atom. The van der Waals surface area contributed by atoms with Crippen LogP contribution in [-0.4, -0.2) is 73.4 Å². The van der Waals surface area contributed by atoms with Crippen molar-refractivity contribution >= 4 is 13.7 Å². The molecule has 1 amide bonds. The molecule has 0 heterocycles. The highest BCUT2D eigenvalue weighted by Crippen LogP contribution is 2.43. The predicted octanol–water partition coefficient (Wildman–Crippen LogP) is 9.02. The van der Waals surface area contributed by atoms with Crippen LogP contribution in [0, 0.1) is 0 Å². The van der Waals surface area contributed by atoms with Gasteiger partial charge in [0.2, 0.25) is 5.91 Å². The molecule has 0 aliphatic heterocycles. The quantitative estimate of drug-likeness (QED) is 0.0288. The third-order valence-corrected chi connectivity index (χ3v) is 8.90. The van der Waals surface area contributed by atoms with Gasteiger partial charge < -0.3 is 19.8 Å². The molecule has 0 bridgehead atoms. The number of amides is 1. The zero-order chi connectivity index (χ0) is 33.7. The molecule has 0 aromatic carbocycles. The Balaban J connectivity index is 4.60. The van der Waals surface area contributed by atoms with Gasteiger partial charge in [-0.05, 0) is 38.5 Å². The molecule has 0 aromatic rings. The van der Waals surface area contributed by atoms with Crippen LogP contribution in [0.4, 0.5) is 0 Å². The number of nitrogens with zero attached hydrogens (tertiary/aromatic N) is 1. The van der Waals surface area contributed by atoms with E-state index in [1.807, 2.05) is 27.2 Å². The Hall–Kier alpha value is -1.02. The summed E-state index contributed by atoms with van der Waals surface area (Å²) in [6.07, 6.45) is 31.0. The fourth-order valence-corrected chi connectivity index (χ4v) is 5.64. The largest absolute Gasteiger partial charge is 0.472 e. The first-order chi connectivity index (χ1) is 21.5. The molecular weight excluding hydrogens is 587 g/mol. The number of quaternary nitrogens is 1. The van der Waals surface area contributed by atoms with Gasteiger partial charge in [-0.15, -0.1) is 0 Å². The summed E-state index contributed by atoms with van der Waals surface area (Å²) in [6, 6.07) is -0.846. The summed E-state index contributed by atoms with van der Waals surface area (Å²) in [4.78, 5) is 22.9. The van der Waals surface area contributed by atoms with Crippen molar-refractivity contribution in [3.05, 3.63) is 24.3 Å². The number of aliphatic hydroxyl groups is 1. The summed E-state index contributed by atoms with van der Waals surface area (Å²) >= 11 is 0. The summed E-state index contributed by atoms with van der Waals surface area (Å²) in [5.41, 5.74) is 0. The van der Waals surface area contributed by atoms with E-state index in [1.165, 1.54) is 70.6 Å². The monoisotopic (exact) mass is 660 g/mol. The van der Waals surface area contributed by atoms with Crippen molar-refractivity contribution in [1.82, 2.24) is 5.32 Å². The fraction of sp³-hybridized carbons (Fsp3) is 0.861. The second-order valence-electron chi connectivity index (χ2n) is 13.6. The van der Waals surface area contributed by atoms with E-state index in [-0.39, 0.29) is 19.1 Å². The predicted molar refractivity (Wildman–Crippen MR) is 189 cm³/mol. The zero-order valence-corrected chi connectivity index (χ0v) is 30.8. The molecule has 0 aromatic heterocycles. The van der Waals surface area contributed by atoms with Crippen molar-refractivity contribution in [2.75, 3.05) is 40.9 Å². The number of hydrogen-bond donors (Lipinski definition) is 3. The van der Waals surface area contributed by atoms with Crippen LogP contribution in [0.15, 0.2) is 24.3 Å². The van der Waals surface area contributed by atoms with Crippen LogP contribution in [0.3, 0.4) is 0 Å². The second-order valence-corrected chi connectivity index (χ2v) is 15.0. The van der Waals surface area contributed by atoms with Gasteiger partial charge in [-0.1, -0.05) is 128 Å². The highest BCUT2D eigenvalue weighted by molar-refractivity contribution is 7.47. The zero-order valence-electron chi connectivity index (χ0n) is 29.9. The molecule has 0 saturated heterocycles. The van der Waals surface area contributed by atoms with Gasteiger partial charge >= 0.3 is 7.82 Å². The van der Waals surface area contributed by atoms with Crippen molar-refractivity contribution in [2.45, 2.75) is 161 Å². The number of aliphatic hydroxyl groups excluding tert-OH is 1. The molecule has 9 heteroatoms. The SMILES string of the molecule is CCCC/C=C\CCCCCCC(=O)NC(COP(=O)(O)OCC[N+](C)(C)C)C(O)/C=C/CCCCCCCCCCCCC. The lowest BCUT2D eigenvalue weighted by atomic mass is 10.0. The van der Waals surface area contributed by atoms with E-state index in [4.69, 9.17) is 9.05 Å². The standard InChI is InChI=1S/C36H71N2O6P/c1-6-8-10-12-14-16-18-19-20-21-23-25-27-29-35(39)34(33-44-45(41,42)43-32-31-38(3,4)5)37-36(40)30-28-26-24-22-17-15-13-11-9-7-2/h13,15,27,29,34-35,39H,6-12,14,16-26,28,30-33H2,1-5H3,(H-,37,40,41,42)/p+1/b15-13-,29-27+. The number of phosphoric acid groups is 1. The number of nitrogens with one attached hydrogen (secondary N) is 1. The first-order valence-electron chi connectivity index (χ1n) is 18.2. The minimum Gasteiger partial charge on any atom is -0.387 e. The Morgan fingerprint density at radius 1 is 0.733 bits per heavy atom. The first kappa shape index (κ1) is 44.0. The van der Waals surface area contributed by atoms with Gasteiger partial charge in [0, 0.05) is 6.42 Å². The molecular formula is C36H72N2O6P+. The van der Waals surface area contributed by atoms with E-state index in [2.05, 4.69) is 31.3 Å². The average molecular weight is 660 g/mol. The molecule has 266 valence electrons. The first-order valence-corrected chi connectivity index (χ1v) is 19.7. The van der Waals surface area contributed by atoms with Gasteiger partial charge in [0.1, 0.15) is 13.2 Å². The van der Waals surface area contributed by atoms with Crippen molar-refractivity contribution < 1.29 is 32.9 Å². The molecule has 0 rings (SSSR count). The lowest BCUT2D eigenvalue weighted by Crippen LogP contribution is -2.45. The van der Waals surface area contributed by atoms with Crippen LogP contribution in [0.1, 0.15) is 149 Å². The van der Waals surface area contributed by atoms with Gasteiger partial charge in [-0.25, -0.2) is 4.57 Å². The summed E-state index contributed by atoms with van der Waals surface area (Å²) < 4.78 is 23.4. The van der Waals surface area contributed by atoms with Crippen LogP contribution in [0.2, 0.25) is 0 Å². The van der Waals surface area contributed by atoms with Crippen molar-refractivity contribution in [3.8, 4) is 0 Å². The minimum absolute atomic E-state index is 0.0598. The summed E-state index contributed by atoms with van der Waals surface area (Å²) in [5, 5.41) is 13.7. The molecule has 3 atom stereocenters. The van der Waals surface area contributed by atoms with E-state index < -0.39 is 20.0 Å². The highest BCUT2D eigenvalue weighted by atomic mass is 31.2.